The largest absolute Gasteiger partial charge is 0.386 e. The molecule has 4 N–H and O–H groups in total. The summed E-state index contributed by atoms with van der Waals surface area (Å²) in [4.78, 5) is 41.9. The summed E-state index contributed by atoms with van der Waals surface area (Å²) >= 11 is 0. The molecular weight excluding hydrogens is 295 g/mol. The highest BCUT2D eigenvalue weighted by Crippen LogP contribution is 2.36. The van der Waals surface area contributed by atoms with Crippen molar-refractivity contribution in [2.45, 2.75) is 18.4 Å². The van der Waals surface area contributed by atoms with Crippen LogP contribution >= 0.6 is 7.60 Å². The first-order valence-corrected chi connectivity index (χ1v) is 7.35. The summed E-state index contributed by atoms with van der Waals surface area (Å²) in [6.07, 6.45) is -3.08. The van der Waals surface area contributed by atoms with Gasteiger partial charge in [0.2, 0.25) is 0 Å². The van der Waals surface area contributed by atoms with E-state index in [-0.39, 0.29) is 6.61 Å². The van der Waals surface area contributed by atoms with Crippen molar-refractivity contribution < 1.29 is 28.9 Å². The summed E-state index contributed by atoms with van der Waals surface area (Å²) in [6.45, 7) is -0.141. The molecule has 0 spiro atoms. The van der Waals surface area contributed by atoms with Gasteiger partial charge < -0.3 is 24.4 Å². The molecule has 0 bridgehead atoms. The van der Waals surface area contributed by atoms with Gasteiger partial charge in [0.1, 0.15) is 18.6 Å². The number of ether oxygens (including phenoxy) is 2. The molecule has 0 saturated carbocycles. The molecule has 20 heavy (non-hydrogen) atoms. The van der Waals surface area contributed by atoms with Gasteiger partial charge in [-0.3, -0.25) is 18.9 Å². The molecule has 0 unspecified atom stereocenters. The molecule has 2 heterocycles. The molecule has 1 saturated heterocycles. The highest BCUT2D eigenvalue weighted by molar-refractivity contribution is 7.51. The Morgan fingerprint density at radius 1 is 1.50 bits per heavy atom. The third kappa shape index (κ3) is 3.42. The first-order valence-electron chi connectivity index (χ1n) is 5.55. The number of hydrogen-bond donors (Lipinski definition) is 4. The fourth-order valence-electron chi connectivity index (χ4n) is 1.79. The minimum absolute atomic E-state index is 0.141. The van der Waals surface area contributed by atoms with Gasteiger partial charge >= 0.3 is 13.3 Å². The van der Waals surface area contributed by atoms with Crippen molar-refractivity contribution in [2.75, 3.05) is 13.0 Å². The lowest BCUT2D eigenvalue weighted by atomic mass is 10.2. The van der Waals surface area contributed by atoms with Crippen LogP contribution in [0.3, 0.4) is 0 Å². The third-order valence-corrected chi connectivity index (χ3v) is 3.17. The molecule has 0 aromatic carbocycles. The number of aromatic amines is 1. The van der Waals surface area contributed by atoms with Crippen LogP contribution in [0.1, 0.15) is 6.23 Å². The van der Waals surface area contributed by atoms with Crippen molar-refractivity contribution in [3.63, 3.8) is 0 Å². The van der Waals surface area contributed by atoms with Crippen molar-refractivity contribution in [1.82, 2.24) is 9.55 Å². The van der Waals surface area contributed by atoms with Gasteiger partial charge in [-0.25, -0.2) is 4.79 Å². The van der Waals surface area contributed by atoms with Crippen LogP contribution in [0.15, 0.2) is 21.9 Å². The zero-order chi connectivity index (χ0) is 14.9. The molecule has 0 aliphatic carbocycles. The van der Waals surface area contributed by atoms with E-state index < -0.39 is 43.6 Å². The van der Waals surface area contributed by atoms with E-state index in [0.29, 0.717) is 0 Å². The molecule has 0 amide bonds. The maximum absolute atomic E-state index is 11.5. The molecule has 1 aromatic rings. The Kier molecular flexibility index (Phi) is 4.23. The summed E-state index contributed by atoms with van der Waals surface area (Å²) in [5.41, 5.74) is -1.36. The zero-order valence-corrected chi connectivity index (χ0v) is 11.0. The molecule has 2 rings (SSSR count). The number of nitrogens with zero attached hydrogens (tertiary/aromatic N) is 1. The van der Waals surface area contributed by atoms with Crippen molar-refractivity contribution in [2.24, 2.45) is 0 Å². The Labute approximate surface area is 111 Å². The maximum Gasteiger partial charge on any atom is 0.350 e. The molecule has 1 fully saturated rings. The molecule has 1 aliphatic rings. The summed E-state index contributed by atoms with van der Waals surface area (Å²) in [6, 6.07) is 1.08. The normalized spacial score (nSPS) is 26.9. The SMILES string of the molecule is O=c1ccn([C@@H]2OC[C@H](OCP(=O)(O)O)[C@H]2O)c(=O)[nH]1. The molecule has 1 aliphatic heterocycles. The van der Waals surface area contributed by atoms with Gasteiger partial charge in [0.05, 0.1) is 6.61 Å². The molecule has 112 valence electrons. The number of aliphatic hydroxyl groups is 1. The number of aliphatic hydroxyl groups excluding tert-OH is 1. The molecule has 10 nitrogen and oxygen atoms in total. The van der Waals surface area contributed by atoms with E-state index in [9.17, 15) is 19.3 Å². The predicted molar refractivity (Wildman–Crippen MR) is 64.1 cm³/mol. The van der Waals surface area contributed by atoms with Gasteiger partial charge in [-0.1, -0.05) is 0 Å². The topological polar surface area (TPSA) is 151 Å². The van der Waals surface area contributed by atoms with Crippen molar-refractivity contribution in [3.8, 4) is 0 Å². The molecule has 11 heteroatoms. The van der Waals surface area contributed by atoms with Crippen LogP contribution in [0.2, 0.25) is 0 Å². The molecule has 1 aromatic heterocycles. The van der Waals surface area contributed by atoms with Gasteiger partial charge in [0, 0.05) is 12.3 Å². The van der Waals surface area contributed by atoms with Crippen molar-refractivity contribution in [1.29, 1.82) is 0 Å². The lowest BCUT2D eigenvalue weighted by Gasteiger charge is -2.19. The summed E-state index contributed by atoms with van der Waals surface area (Å²) in [5, 5.41) is 9.94. The van der Waals surface area contributed by atoms with Crippen LogP contribution < -0.4 is 11.2 Å². The number of nitrogens with one attached hydrogen (secondary N) is 1. The van der Waals surface area contributed by atoms with Gasteiger partial charge in [0.15, 0.2) is 6.23 Å². The first-order chi connectivity index (χ1) is 9.28. The second kappa shape index (κ2) is 5.60. The van der Waals surface area contributed by atoms with Crippen LogP contribution in [-0.2, 0) is 14.0 Å². The number of hydrogen-bond acceptors (Lipinski definition) is 6. The minimum Gasteiger partial charge on any atom is -0.386 e. The average molecular weight is 308 g/mol. The van der Waals surface area contributed by atoms with Gasteiger partial charge in [-0.05, 0) is 0 Å². The van der Waals surface area contributed by atoms with E-state index in [1.165, 1.54) is 0 Å². The predicted octanol–water partition coefficient (Wildman–Crippen LogP) is -2.05. The van der Waals surface area contributed by atoms with Crippen LogP contribution in [0.4, 0.5) is 0 Å². The zero-order valence-electron chi connectivity index (χ0n) is 10.1. The fraction of sp³-hybridized carbons (Fsp3) is 0.556. The standard InChI is InChI=1S/C9H13N2O8P/c12-6-1-2-11(9(14)10-6)8-7(13)5(3-18-8)19-4-20(15,16)17/h1-2,5,7-8,13H,3-4H2,(H,10,12,14)(H2,15,16,17)/t5-,7+,8+/m0/s1. The summed E-state index contributed by atoms with van der Waals surface area (Å²) in [7, 11) is -4.36. The first kappa shape index (κ1) is 15.1. The monoisotopic (exact) mass is 308 g/mol. The van der Waals surface area contributed by atoms with Crippen LogP contribution in [-0.4, -0.2) is 49.6 Å². The Hall–Kier alpha value is -1.29. The van der Waals surface area contributed by atoms with Gasteiger partial charge in [-0.15, -0.1) is 0 Å². The van der Waals surface area contributed by atoms with Crippen molar-refractivity contribution in [3.05, 3.63) is 33.1 Å². The Morgan fingerprint density at radius 3 is 2.80 bits per heavy atom. The van der Waals surface area contributed by atoms with Crippen LogP contribution in [0.25, 0.3) is 0 Å². The molecule has 3 atom stereocenters. The quantitative estimate of drug-likeness (QED) is 0.464. The average Bonchev–Trinajstić information content (AvgIpc) is 2.67. The van der Waals surface area contributed by atoms with Crippen molar-refractivity contribution >= 4 is 7.60 Å². The van der Waals surface area contributed by atoms with Gasteiger partial charge in [-0.2, -0.15) is 0 Å². The van der Waals surface area contributed by atoms with E-state index in [4.69, 9.17) is 19.3 Å². The molecular formula is C9H13N2O8P. The number of H-pyrrole nitrogens is 1. The Balaban J connectivity index is 2.11. The Bertz CT molecular complexity index is 633. The highest BCUT2D eigenvalue weighted by Gasteiger charge is 2.39. The highest BCUT2D eigenvalue weighted by atomic mass is 31.2. The lowest BCUT2D eigenvalue weighted by molar-refractivity contribution is -0.0317. The summed E-state index contributed by atoms with van der Waals surface area (Å²) in [5.74, 6) is 0. The van der Waals surface area contributed by atoms with E-state index in [1.807, 2.05) is 4.98 Å². The van der Waals surface area contributed by atoms with E-state index in [2.05, 4.69) is 0 Å². The van der Waals surface area contributed by atoms with E-state index >= 15 is 0 Å². The minimum atomic E-state index is -4.36. The van der Waals surface area contributed by atoms with Crippen LogP contribution in [0, 0.1) is 0 Å². The van der Waals surface area contributed by atoms with Gasteiger partial charge in [0.25, 0.3) is 5.56 Å². The second-order valence-corrected chi connectivity index (χ2v) is 5.82. The number of aromatic nitrogens is 2. The van der Waals surface area contributed by atoms with E-state index in [1.54, 1.807) is 0 Å². The number of rotatable bonds is 4. The lowest BCUT2D eigenvalue weighted by Crippen LogP contribution is -2.37. The maximum atomic E-state index is 11.5. The summed E-state index contributed by atoms with van der Waals surface area (Å²) < 4.78 is 21.7. The smallest absolute Gasteiger partial charge is 0.350 e. The van der Waals surface area contributed by atoms with E-state index in [0.717, 1.165) is 16.8 Å². The molecule has 0 radical (unpaired) electrons. The third-order valence-electron chi connectivity index (χ3n) is 2.69. The second-order valence-electron chi connectivity index (χ2n) is 4.23. The van der Waals surface area contributed by atoms with Crippen LogP contribution in [0.5, 0.6) is 0 Å². The Morgan fingerprint density at radius 2 is 2.20 bits per heavy atom. The fourth-order valence-corrected chi connectivity index (χ4v) is 2.17.